The van der Waals surface area contributed by atoms with E-state index in [4.69, 9.17) is 14.1 Å². The summed E-state index contributed by atoms with van der Waals surface area (Å²) < 4.78 is 11.2. The van der Waals surface area contributed by atoms with Crippen LogP contribution in [0.2, 0.25) is 0 Å². The number of ether oxygens (including phenoxy) is 1. The van der Waals surface area contributed by atoms with Gasteiger partial charge in [0.2, 0.25) is 0 Å². The monoisotopic (exact) mass is 475 g/mol. The predicted octanol–water partition coefficient (Wildman–Crippen LogP) is 4.27. The Hall–Kier alpha value is -0.760. The van der Waals surface area contributed by atoms with Crippen molar-refractivity contribution in [1.29, 1.82) is 0 Å². The molecule has 0 aromatic carbocycles. The van der Waals surface area contributed by atoms with E-state index in [0.717, 1.165) is 50.7 Å². The highest BCUT2D eigenvalue weighted by atomic mass is 127. The highest BCUT2D eigenvalue weighted by Crippen LogP contribution is 2.18. The van der Waals surface area contributed by atoms with Crippen LogP contribution in [0, 0.1) is 0 Å². The van der Waals surface area contributed by atoms with E-state index in [1.54, 1.807) is 6.26 Å². The van der Waals surface area contributed by atoms with Gasteiger partial charge in [-0.05, 0) is 57.1 Å². The molecule has 1 aliphatic carbocycles. The van der Waals surface area contributed by atoms with Crippen molar-refractivity contribution in [2.45, 2.75) is 76.4 Å². The van der Waals surface area contributed by atoms with Gasteiger partial charge in [-0.15, -0.1) is 24.0 Å². The summed E-state index contributed by atoms with van der Waals surface area (Å²) in [4.78, 5) is 4.80. The van der Waals surface area contributed by atoms with Crippen molar-refractivity contribution >= 4 is 29.9 Å². The molecule has 0 radical (unpaired) electrons. The molecule has 1 aromatic rings. The number of halogens is 1. The second-order valence-corrected chi connectivity index (χ2v) is 7.24. The third-order valence-corrected chi connectivity index (χ3v) is 5.17. The number of nitrogens with zero attached hydrogens (tertiary/aromatic N) is 1. The van der Waals surface area contributed by atoms with Crippen LogP contribution in [0.25, 0.3) is 0 Å². The van der Waals surface area contributed by atoms with Gasteiger partial charge in [-0.2, -0.15) is 0 Å². The molecule has 2 fully saturated rings. The van der Waals surface area contributed by atoms with Crippen molar-refractivity contribution in [3.8, 4) is 0 Å². The third kappa shape index (κ3) is 7.86. The van der Waals surface area contributed by atoms with E-state index in [9.17, 15) is 0 Å². The van der Waals surface area contributed by atoms with E-state index in [1.807, 2.05) is 12.1 Å². The molecule has 6 heteroatoms. The average molecular weight is 475 g/mol. The predicted molar refractivity (Wildman–Crippen MR) is 116 cm³/mol. The van der Waals surface area contributed by atoms with Crippen LogP contribution in [0.15, 0.2) is 27.8 Å². The molecule has 148 valence electrons. The van der Waals surface area contributed by atoms with Crippen molar-refractivity contribution in [2.75, 3.05) is 19.7 Å². The number of hydrogen-bond acceptors (Lipinski definition) is 3. The van der Waals surface area contributed by atoms with Gasteiger partial charge in [0, 0.05) is 32.2 Å². The highest BCUT2D eigenvalue weighted by Gasteiger charge is 2.16. The minimum absolute atomic E-state index is 0. The van der Waals surface area contributed by atoms with E-state index in [2.05, 4.69) is 10.6 Å². The summed E-state index contributed by atoms with van der Waals surface area (Å²) in [6.07, 6.45) is 14.2. The summed E-state index contributed by atoms with van der Waals surface area (Å²) in [5.74, 6) is 1.98. The summed E-state index contributed by atoms with van der Waals surface area (Å²) in [5, 5.41) is 7.08. The van der Waals surface area contributed by atoms with Gasteiger partial charge in [-0.1, -0.05) is 12.8 Å². The lowest BCUT2D eigenvalue weighted by Crippen LogP contribution is -2.43. The Morgan fingerprint density at radius 3 is 2.73 bits per heavy atom. The van der Waals surface area contributed by atoms with Gasteiger partial charge in [0.15, 0.2) is 5.96 Å². The van der Waals surface area contributed by atoms with Crippen LogP contribution in [0.5, 0.6) is 0 Å². The van der Waals surface area contributed by atoms with Crippen LogP contribution >= 0.6 is 24.0 Å². The van der Waals surface area contributed by atoms with Crippen molar-refractivity contribution < 1.29 is 9.15 Å². The molecule has 3 rings (SSSR count). The van der Waals surface area contributed by atoms with Crippen LogP contribution in [0.1, 0.15) is 63.5 Å². The average Bonchev–Trinajstić information content (AvgIpc) is 3.33. The lowest BCUT2D eigenvalue weighted by molar-refractivity contribution is 0.0105. The molecule has 5 nitrogen and oxygen atoms in total. The Kier molecular flexibility index (Phi) is 10.4. The van der Waals surface area contributed by atoms with Gasteiger partial charge >= 0.3 is 0 Å². The van der Waals surface area contributed by atoms with Gasteiger partial charge in [-0.3, -0.25) is 4.99 Å². The highest BCUT2D eigenvalue weighted by molar-refractivity contribution is 14.0. The quantitative estimate of drug-likeness (QED) is 0.255. The molecule has 1 unspecified atom stereocenters. The first-order valence-corrected chi connectivity index (χ1v) is 10.1. The van der Waals surface area contributed by atoms with Gasteiger partial charge < -0.3 is 19.8 Å². The SMILES string of the molecule is I.c1coc(CCNC(=NCCCC2CCCCO2)NC2CCCC2)c1. The molecule has 2 heterocycles. The molecular formula is C20H34IN3O2. The van der Waals surface area contributed by atoms with Gasteiger partial charge in [-0.25, -0.2) is 0 Å². The second-order valence-electron chi connectivity index (χ2n) is 7.24. The number of guanidine groups is 1. The molecule has 2 N–H and O–H groups in total. The Labute approximate surface area is 174 Å². The topological polar surface area (TPSA) is 58.8 Å². The van der Waals surface area contributed by atoms with Crippen molar-refractivity contribution in [2.24, 2.45) is 4.99 Å². The van der Waals surface area contributed by atoms with E-state index < -0.39 is 0 Å². The molecule has 26 heavy (non-hydrogen) atoms. The fourth-order valence-electron chi connectivity index (χ4n) is 3.72. The molecule has 0 spiro atoms. The van der Waals surface area contributed by atoms with E-state index in [-0.39, 0.29) is 24.0 Å². The summed E-state index contributed by atoms with van der Waals surface area (Å²) in [7, 11) is 0. The molecule has 1 aliphatic heterocycles. The molecule has 0 bridgehead atoms. The Morgan fingerprint density at radius 1 is 1.15 bits per heavy atom. The summed E-state index contributed by atoms with van der Waals surface area (Å²) >= 11 is 0. The fourth-order valence-corrected chi connectivity index (χ4v) is 3.72. The van der Waals surface area contributed by atoms with Crippen molar-refractivity contribution in [3.05, 3.63) is 24.2 Å². The van der Waals surface area contributed by atoms with Gasteiger partial charge in [0.05, 0.1) is 12.4 Å². The number of hydrogen-bond donors (Lipinski definition) is 2. The number of nitrogens with one attached hydrogen (secondary N) is 2. The smallest absolute Gasteiger partial charge is 0.191 e. The zero-order valence-corrected chi connectivity index (χ0v) is 18.1. The molecule has 1 atom stereocenters. The van der Waals surface area contributed by atoms with E-state index in [1.165, 1.54) is 44.9 Å². The lowest BCUT2D eigenvalue weighted by atomic mass is 10.1. The molecule has 1 saturated heterocycles. The van der Waals surface area contributed by atoms with Crippen LogP contribution in [0.4, 0.5) is 0 Å². The Balaban J connectivity index is 0.00000243. The lowest BCUT2D eigenvalue weighted by Gasteiger charge is -2.22. The first-order chi connectivity index (χ1) is 12.4. The van der Waals surface area contributed by atoms with Crippen LogP contribution in [0.3, 0.4) is 0 Å². The minimum atomic E-state index is 0. The van der Waals surface area contributed by atoms with Crippen molar-refractivity contribution in [3.63, 3.8) is 0 Å². The zero-order chi connectivity index (χ0) is 17.2. The Bertz CT molecular complexity index is 495. The number of aliphatic imine (C=N–C) groups is 1. The van der Waals surface area contributed by atoms with E-state index in [0.29, 0.717) is 12.1 Å². The molecule has 0 amide bonds. The first-order valence-electron chi connectivity index (χ1n) is 10.1. The number of rotatable bonds is 8. The summed E-state index contributed by atoms with van der Waals surface area (Å²) in [6.45, 7) is 2.65. The molecule has 1 saturated carbocycles. The van der Waals surface area contributed by atoms with Crippen molar-refractivity contribution in [1.82, 2.24) is 10.6 Å². The standard InChI is InChI=1S/C20H33N3O2.HI/c1-2-8-17(7-1)23-20(22-14-12-19-11-6-16-25-19)21-13-5-10-18-9-3-4-15-24-18;/h6,11,16-18H,1-5,7-10,12-15H2,(H2,21,22,23);1H. The molecule has 1 aromatic heterocycles. The third-order valence-electron chi connectivity index (χ3n) is 5.17. The maximum Gasteiger partial charge on any atom is 0.191 e. The number of furan rings is 1. The Morgan fingerprint density at radius 2 is 2.00 bits per heavy atom. The molecule has 2 aliphatic rings. The maximum atomic E-state index is 5.81. The zero-order valence-electron chi connectivity index (χ0n) is 15.8. The molecular weight excluding hydrogens is 441 g/mol. The fraction of sp³-hybridized carbons (Fsp3) is 0.750. The minimum Gasteiger partial charge on any atom is -0.469 e. The normalized spacial score (nSPS) is 21.4. The maximum absolute atomic E-state index is 5.81. The van der Waals surface area contributed by atoms with Crippen LogP contribution < -0.4 is 10.6 Å². The van der Waals surface area contributed by atoms with E-state index >= 15 is 0 Å². The van der Waals surface area contributed by atoms with Crippen LogP contribution in [-0.4, -0.2) is 37.8 Å². The first kappa shape index (κ1) is 21.5. The summed E-state index contributed by atoms with van der Waals surface area (Å²) in [6, 6.07) is 4.54. The van der Waals surface area contributed by atoms with Crippen LogP contribution in [-0.2, 0) is 11.2 Å². The summed E-state index contributed by atoms with van der Waals surface area (Å²) in [5.41, 5.74) is 0. The largest absolute Gasteiger partial charge is 0.469 e. The van der Waals surface area contributed by atoms with Gasteiger partial charge in [0.1, 0.15) is 5.76 Å². The van der Waals surface area contributed by atoms with Gasteiger partial charge in [0.25, 0.3) is 0 Å². The second kappa shape index (κ2) is 12.6.